The number of nitrogens with one attached hydrogen (secondary N) is 1. The lowest BCUT2D eigenvalue weighted by molar-refractivity contribution is 0.483. The molecule has 1 aromatic heterocycles. The van der Waals surface area contributed by atoms with Gasteiger partial charge < -0.3 is 9.88 Å². The second-order valence-corrected chi connectivity index (χ2v) is 9.25. The van der Waals surface area contributed by atoms with Crippen molar-refractivity contribution >= 4 is 20.0 Å². The van der Waals surface area contributed by atoms with Crippen LogP contribution in [-0.2, 0) is 33.0 Å². The fourth-order valence-corrected chi connectivity index (χ4v) is 3.96. The molecule has 2 aromatic rings. The van der Waals surface area contributed by atoms with Crippen LogP contribution in [0.15, 0.2) is 40.4 Å². The summed E-state index contributed by atoms with van der Waals surface area (Å²) in [6, 6.07) is 7.54. The molecule has 1 aromatic carbocycles. The van der Waals surface area contributed by atoms with Crippen LogP contribution in [0, 0.1) is 0 Å². The molecule has 2 heterocycles. The van der Waals surface area contributed by atoms with Crippen molar-refractivity contribution in [3.8, 4) is 0 Å². The number of nitrogens with zero attached hydrogens (tertiary/aromatic N) is 2. The Kier molecular flexibility index (Phi) is 5.67. The highest BCUT2D eigenvalue weighted by molar-refractivity contribution is 7.90. The lowest BCUT2D eigenvalue weighted by Crippen LogP contribution is -2.15. The highest BCUT2D eigenvalue weighted by atomic mass is 32.2. The summed E-state index contributed by atoms with van der Waals surface area (Å²) in [6.07, 6.45) is 1.21. The standard InChI is InChI=1S/C9H15N3O2S.C6H6O3S/c1-6(2)12-8-5-10-4-7(8)11-9(12)15(3,13)14;7-10(8,9)6-4-2-1-3-5-6/h6,10H,4-5H2,1-3H3;1-5H,(H,7,8,9). The van der Waals surface area contributed by atoms with E-state index in [4.69, 9.17) is 4.55 Å². The molecule has 0 saturated heterocycles. The maximum atomic E-state index is 11.6. The van der Waals surface area contributed by atoms with E-state index in [9.17, 15) is 16.8 Å². The Morgan fingerprint density at radius 1 is 1.12 bits per heavy atom. The maximum absolute atomic E-state index is 11.6. The lowest BCUT2D eigenvalue weighted by atomic mass is 10.3. The summed E-state index contributed by atoms with van der Waals surface area (Å²) in [7, 11) is -7.24. The fourth-order valence-electron chi connectivity index (χ4n) is 2.50. The summed E-state index contributed by atoms with van der Waals surface area (Å²) in [5, 5.41) is 3.36. The van der Waals surface area contributed by atoms with Gasteiger partial charge in [-0.25, -0.2) is 13.4 Å². The quantitative estimate of drug-likeness (QED) is 0.764. The van der Waals surface area contributed by atoms with E-state index in [1.165, 1.54) is 18.4 Å². The minimum atomic E-state index is -4.00. The Labute approximate surface area is 147 Å². The van der Waals surface area contributed by atoms with Gasteiger partial charge in [-0.2, -0.15) is 8.42 Å². The second-order valence-electron chi connectivity index (χ2n) is 5.92. The van der Waals surface area contributed by atoms with Gasteiger partial charge in [-0.15, -0.1) is 0 Å². The molecule has 0 fully saturated rings. The summed E-state index contributed by atoms with van der Waals surface area (Å²) in [5.41, 5.74) is 1.87. The molecule has 10 heteroatoms. The molecule has 0 amide bonds. The van der Waals surface area contributed by atoms with Crippen molar-refractivity contribution in [2.45, 2.75) is 43.0 Å². The van der Waals surface area contributed by atoms with Crippen molar-refractivity contribution in [2.24, 2.45) is 0 Å². The van der Waals surface area contributed by atoms with Crippen molar-refractivity contribution in [3.05, 3.63) is 41.7 Å². The van der Waals surface area contributed by atoms with Gasteiger partial charge in [0.1, 0.15) is 0 Å². The van der Waals surface area contributed by atoms with Crippen molar-refractivity contribution in [2.75, 3.05) is 6.26 Å². The predicted octanol–water partition coefficient (Wildman–Crippen LogP) is 1.40. The van der Waals surface area contributed by atoms with Crippen LogP contribution in [-0.4, -0.2) is 37.2 Å². The number of sulfone groups is 1. The van der Waals surface area contributed by atoms with Crippen LogP contribution in [0.1, 0.15) is 31.3 Å². The normalized spacial score (nSPS) is 14.1. The minimum Gasteiger partial charge on any atom is -0.315 e. The summed E-state index contributed by atoms with van der Waals surface area (Å²) in [4.78, 5) is 4.12. The molecular weight excluding hydrogens is 366 g/mol. The molecule has 0 saturated carbocycles. The molecule has 0 radical (unpaired) electrons. The number of hydrogen-bond donors (Lipinski definition) is 2. The van der Waals surface area contributed by atoms with Crippen molar-refractivity contribution in [1.29, 1.82) is 0 Å². The zero-order chi connectivity index (χ0) is 18.8. The zero-order valence-electron chi connectivity index (χ0n) is 14.2. The van der Waals surface area contributed by atoms with Gasteiger partial charge in [0.15, 0.2) is 0 Å². The predicted molar refractivity (Wildman–Crippen MR) is 92.5 cm³/mol. The first-order chi connectivity index (χ1) is 11.5. The highest BCUT2D eigenvalue weighted by Gasteiger charge is 2.27. The highest BCUT2D eigenvalue weighted by Crippen LogP contribution is 2.24. The Morgan fingerprint density at radius 3 is 2.16 bits per heavy atom. The van der Waals surface area contributed by atoms with Gasteiger partial charge in [-0.1, -0.05) is 18.2 Å². The number of benzene rings is 1. The first-order valence-electron chi connectivity index (χ1n) is 7.55. The molecular formula is C15H21N3O5S2. The number of hydrogen-bond acceptors (Lipinski definition) is 6. The number of imidazole rings is 1. The summed E-state index contributed by atoms with van der Waals surface area (Å²) >= 11 is 0. The number of fused-ring (bicyclic) bond motifs is 1. The van der Waals surface area contributed by atoms with E-state index in [1.54, 1.807) is 18.2 Å². The molecule has 138 valence electrons. The smallest absolute Gasteiger partial charge is 0.294 e. The maximum Gasteiger partial charge on any atom is 0.294 e. The molecule has 1 aliphatic heterocycles. The molecule has 2 N–H and O–H groups in total. The summed E-state index contributed by atoms with van der Waals surface area (Å²) in [5.74, 6) is 0. The molecule has 8 nitrogen and oxygen atoms in total. The Balaban J connectivity index is 0.000000196. The first kappa shape index (κ1) is 19.6. The van der Waals surface area contributed by atoms with Crippen LogP contribution in [0.5, 0.6) is 0 Å². The second kappa shape index (κ2) is 7.24. The third kappa shape index (κ3) is 4.66. The van der Waals surface area contributed by atoms with Crippen LogP contribution < -0.4 is 5.32 Å². The Morgan fingerprint density at radius 2 is 1.72 bits per heavy atom. The molecule has 0 spiro atoms. The van der Waals surface area contributed by atoms with Gasteiger partial charge in [0.05, 0.1) is 16.3 Å². The van der Waals surface area contributed by atoms with Gasteiger partial charge in [0.2, 0.25) is 15.0 Å². The Bertz CT molecular complexity index is 949. The molecule has 0 unspecified atom stereocenters. The van der Waals surface area contributed by atoms with E-state index in [-0.39, 0.29) is 16.1 Å². The van der Waals surface area contributed by atoms with Crippen LogP contribution in [0.25, 0.3) is 0 Å². The van der Waals surface area contributed by atoms with Crippen LogP contribution in [0.3, 0.4) is 0 Å². The van der Waals surface area contributed by atoms with Crippen molar-refractivity contribution < 1.29 is 21.4 Å². The number of aromatic nitrogens is 2. The van der Waals surface area contributed by atoms with Crippen molar-refractivity contribution in [1.82, 2.24) is 14.9 Å². The summed E-state index contributed by atoms with van der Waals surface area (Å²) in [6.45, 7) is 5.30. The zero-order valence-corrected chi connectivity index (χ0v) is 15.8. The van der Waals surface area contributed by atoms with Gasteiger partial charge >= 0.3 is 0 Å². The van der Waals surface area contributed by atoms with Crippen LogP contribution >= 0.6 is 0 Å². The van der Waals surface area contributed by atoms with Gasteiger partial charge in [0.25, 0.3) is 10.1 Å². The van der Waals surface area contributed by atoms with Gasteiger partial charge in [-0.3, -0.25) is 4.55 Å². The van der Waals surface area contributed by atoms with E-state index in [0.29, 0.717) is 13.1 Å². The molecule has 0 bridgehead atoms. The average Bonchev–Trinajstić information content (AvgIpc) is 3.07. The molecule has 0 atom stereocenters. The van der Waals surface area contributed by atoms with Gasteiger partial charge in [0, 0.05) is 25.4 Å². The lowest BCUT2D eigenvalue weighted by Gasteiger charge is -2.13. The van der Waals surface area contributed by atoms with Gasteiger partial charge in [-0.05, 0) is 26.0 Å². The van der Waals surface area contributed by atoms with E-state index in [0.717, 1.165) is 11.4 Å². The molecule has 25 heavy (non-hydrogen) atoms. The van der Waals surface area contributed by atoms with E-state index in [2.05, 4.69) is 10.3 Å². The summed E-state index contributed by atoms with van der Waals surface area (Å²) < 4.78 is 54.2. The van der Waals surface area contributed by atoms with Crippen LogP contribution in [0.4, 0.5) is 0 Å². The fraction of sp³-hybridized carbons (Fsp3) is 0.400. The SMILES string of the molecule is CC(C)n1c(S(C)(=O)=O)nc2c1CNC2.O=S(=O)(O)c1ccccc1. The van der Waals surface area contributed by atoms with E-state index >= 15 is 0 Å². The minimum absolute atomic E-state index is 0.0741. The average molecular weight is 387 g/mol. The number of rotatable bonds is 3. The first-order valence-corrected chi connectivity index (χ1v) is 10.9. The third-order valence-electron chi connectivity index (χ3n) is 3.53. The molecule has 3 rings (SSSR count). The van der Waals surface area contributed by atoms with Crippen LogP contribution in [0.2, 0.25) is 0 Å². The molecule has 0 aliphatic carbocycles. The third-order valence-corrected chi connectivity index (χ3v) is 5.35. The molecule has 1 aliphatic rings. The topological polar surface area (TPSA) is 118 Å². The van der Waals surface area contributed by atoms with E-state index in [1.807, 2.05) is 18.4 Å². The monoisotopic (exact) mass is 387 g/mol. The van der Waals surface area contributed by atoms with E-state index < -0.39 is 20.0 Å². The van der Waals surface area contributed by atoms with Crippen molar-refractivity contribution in [3.63, 3.8) is 0 Å². The largest absolute Gasteiger partial charge is 0.315 e. The Hall–Kier alpha value is -1.75.